The molecule has 0 spiro atoms. The van der Waals surface area contributed by atoms with E-state index < -0.39 is 9.84 Å². The highest BCUT2D eigenvalue weighted by molar-refractivity contribution is 9.10. The molecule has 0 atom stereocenters. The number of rotatable bonds is 6. The van der Waals surface area contributed by atoms with Gasteiger partial charge in [-0.2, -0.15) is 4.98 Å². The zero-order valence-corrected chi connectivity index (χ0v) is 18.7. The van der Waals surface area contributed by atoms with Crippen LogP contribution in [0.4, 0.5) is 5.88 Å². The van der Waals surface area contributed by atoms with Crippen LogP contribution in [0.1, 0.15) is 5.56 Å². The van der Waals surface area contributed by atoms with Gasteiger partial charge in [0, 0.05) is 21.6 Å². The first kappa shape index (κ1) is 20.7. The molecule has 5 nitrogen and oxygen atoms in total. The summed E-state index contributed by atoms with van der Waals surface area (Å²) in [6.07, 6.45) is 0. The molecule has 152 valence electrons. The van der Waals surface area contributed by atoms with Crippen molar-refractivity contribution in [1.29, 1.82) is 0 Å². The average molecular weight is 504 g/mol. The van der Waals surface area contributed by atoms with Crippen molar-refractivity contribution in [1.82, 2.24) is 4.98 Å². The van der Waals surface area contributed by atoms with Gasteiger partial charge in [-0.15, -0.1) is 0 Å². The molecule has 0 fully saturated rings. The van der Waals surface area contributed by atoms with E-state index in [9.17, 15) is 8.42 Å². The van der Waals surface area contributed by atoms with Gasteiger partial charge in [0.05, 0.1) is 4.90 Å². The van der Waals surface area contributed by atoms with E-state index in [0.29, 0.717) is 17.1 Å². The Hall–Kier alpha value is -2.61. The summed E-state index contributed by atoms with van der Waals surface area (Å²) in [5, 5.41) is 3.36. The Bertz CT molecular complexity index is 1260. The highest BCUT2D eigenvalue weighted by Gasteiger charge is 2.28. The zero-order chi connectivity index (χ0) is 21.1. The van der Waals surface area contributed by atoms with E-state index in [2.05, 4.69) is 26.2 Å². The fourth-order valence-corrected chi connectivity index (χ4v) is 4.49. The molecular weight excluding hydrogens is 488 g/mol. The molecule has 4 aromatic rings. The molecule has 0 amide bonds. The summed E-state index contributed by atoms with van der Waals surface area (Å²) in [6, 6.07) is 22.9. The minimum absolute atomic E-state index is 0.0883. The van der Waals surface area contributed by atoms with E-state index in [1.807, 2.05) is 42.5 Å². The Kier molecular flexibility index (Phi) is 5.94. The highest BCUT2D eigenvalue weighted by Crippen LogP contribution is 2.33. The van der Waals surface area contributed by atoms with Crippen LogP contribution in [-0.4, -0.2) is 13.4 Å². The van der Waals surface area contributed by atoms with Crippen molar-refractivity contribution in [2.24, 2.45) is 0 Å². The van der Waals surface area contributed by atoms with Crippen LogP contribution >= 0.6 is 27.5 Å². The lowest BCUT2D eigenvalue weighted by atomic mass is 10.2. The van der Waals surface area contributed by atoms with Crippen molar-refractivity contribution < 1.29 is 12.8 Å². The minimum atomic E-state index is -3.92. The second-order valence-corrected chi connectivity index (χ2v) is 9.67. The van der Waals surface area contributed by atoms with Gasteiger partial charge in [-0.25, -0.2) is 8.42 Å². The molecule has 0 saturated carbocycles. The monoisotopic (exact) mass is 502 g/mol. The van der Waals surface area contributed by atoms with Gasteiger partial charge in [-0.3, -0.25) is 0 Å². The summed E-state index contributed by atoms with van der Waals surface area (Å²) in [4.78, 5) is 4.42. The van der Waals surface area contributed by atoms with Crippen LogP contribution in [-0.2, 0) is 16.4 Å². The Morgan fingerprint density at radius 1 is 0.933 bits per heavy atom. The molecule has 0 aliphatic heterocycles. The second-order valence-electron chi connectivity index (χ2n) is 6.46. The molecule has 0 aliphatic rings. The van der Waals surface area contributed by atoms with Crippen LogP contribution in [0.2, 0.25) is 5.02 Å². The average Bonchev–Trinajstić information content (AvgIpc) is 3.19. The first-order chi connectivity index (χ1) is 14.4. The van der Waals surface area contributed by atoms with Crippen LogP contribution in [0, 0.1) is 0 Å². The number of hydrogen-bond donors (Lipinski definition) is 1. The van der Waals surface area contributed by atoms with Gasteiger partial charge < -0.3 is 9.73 Å². The summed E-state index contributed by atoms with van der Waals surface area (Å²) < 4.78 is 33.3. The molecule has 4 rings (SSSR count). The van der Waals surface area contributed by atoms with Crippen molar-refractivity contribution in [3.63, 3.8) is 0 Å². The number of anilines is 1. The van der Waals surface area contributed by atoms with E-state index in [0.717, 1.165) is 10.0 Å². The number of oxazole rings is 1. The number of benzene rings is 3. The maximum atomic E-state index is 13.3. The van der Waals surface area contributed by atoms with Crippen LogP contribution in [0.3, 0.4) is 0 Å². The highest BCUT2D eigenvalue weighted by atomic mass is 79.9. The quantitative estimate of drug-likeness (QED) is 0.339. The van der Waals surface area contributed by atoms with Gasteiger partial charge in [-0.1, -0.05) is 57.9 Å². The molecule has 0 unspecified atom stereocenters. The van der Waals surface area contributed by atoms with Crippen molar-refractivity contribution in [3.05, 3.63) is 93.9 Å². The Morgan fingerprint density at radius 3 is 2.27 bits per heavy atom. The van der Waals surface area contributed by atoms with E-state index in [4.69, 9.17) is 16.0 Å². The van der Waals surface area contributed by atoms with Crippen molar-refractivity contribution in [2.75, 3.05) is 5.32 Å². The third-order valence-corrected chi connectivity index (χ3v) is 6.82. The number of sulfone groups is 1. The molecule has 0 bridgehead atoms. The Balaban J connectivity index is 1.76. The minimum Gasteiger partial charge on any atom is -0.419 e. The largest absolute Gasteiger partial charge is 0.419 e. The summed E-state index contributed by atoms with van der Waals surface area (Å²) >= 11 is 9.29. The summed E-state index contributed by atoms with van der Waals surface area (Å²) in [5.74, 6) is 0.303. The fourth-order valence-electron chi connectivity index (χ4n) is 2.82. The van der Waals surface area contributed by atoms with E-state index in [1.165, 1.54) is 24.3 Å². The standard InChI is InChI=1S/C22H16BrClN2O3S/c23-17-8-6-16(7-9-17)20-26-22(30(27,28)19-12-10-18(24)11-13-19)21(29-20)25-14-15-4-2-1-3-5-15/h1-13,25H,14H2. The maximum Gasteiger partial charge on any atom is 0.234 e. The van der Waals surface area contributed by atoms with Crippen LogP contribution < -0.4 is 5.32 Å². The second kappa shape index (κ2) is 8.63. The Morgan fingerprint density at radius 2 is 1.60 bits per heavy atom. The summed E-state index contributed by atoms with van der Waals surface area (Å²) in [5.41, 5.74) is 1.65. The predicted molar refractivity (Wildman–Crippen MR) is 120 cm³/mol. The first-order valence-corrected chi connectivity index (χ1v) is 11.6. The van der Waals surface area contributed by atoms with Gasteiger partial charge in [0.15, 0.2) is 0 Å². The topological polar surface area (TPSA) is 72.2 Å². The molecule has 30 heavy (non-hydrogen) atoms. The molecule has 3 aromatic carbocycles. The number of halogens is 2. The SMILES string of the molecule is O=S(=O)(c1ccc(Cl)cc1)c1nc(-c2ccc(Br)cc2)oc1NCc1ccccc1. The van der Waals surface area contributed by atoms with E-state index in [-0.39, 0.29) is 21.7 Å². The zero-order valence-electron chi connectivity index (χ0n) is 15.5. The first-order valence-electron chi connectivity index (χ1n) is 8.99. The number of hydrogen-bond acceptors (Lipinski definition) is 5. The smallest absolute Gasteiger partial charge is 0.234 e. The van der Waals surface area contributed by atoms with Crippen molar-refractivity contribution >= 4 is 43.3 Å². The van der Waals surface area contributed by atoms with E-state index >= 15 is 0 Å². The van der Waals surface area contributed by atoms with Crippen LogP contribution in [0.5, 0.6) is 0 Å². The molecule has 1 N–H and O–H groups in total. The van der Waals surface area contributed by atoms with E-state index in [1.54, 1.807) is 12.1 Å². The van der Waals surface area contributed by atoms with Crippen LogP contribution in [0.15, 0.2) is 97.7 Å². The molecule has 0 saturated heterocycles. The third-order valence-electron chi connectivity index (χ3n) is 4.36. The summed E-state index contributed by atoms with van der Waals surface area (Å²) in [6.45, 7) is 0.388. The number of nitrogens with zero attached hydrogens (tertiary/aromatic N) is 1. The van der Waals surface area contributed by atoms with Gasteiger partial charge in [0.25, 0.3) is 0 Å². The molecule has 1 aromatic heterocycles. The maximum absolute atomic E-state index is 13.3. The molecule has 8 heteroatoms. The molecule has 0 aliphatic carbocycles. The van der Waals surface area contributed by atoms with Gasteiger partial charge in [-0.05, 0) is 54.1 Å². The molecule has 0 radical (unpaired) electrons. The lowest BCUT2D eigenvalue weighted by Crippen LogP contribution is -2.07. The van der Waals surface area contributed by atoms with Gasteiger partial charge in [0.1, 0.15) is 0 Å². The molecular formula is C22H16BrClN2O3S. The number of nitrogens with one attached hydrogen (secondary N) is 1. The lowest BCUT2D eigenvalue weighted by molar-refractivity contribution is 0.576. The number of aromatic nitrogens is 1. The lowest BCUT2D eigenvalue weighted by Gasteiger charge is -2.06. The Labute approximate surface area is 187 Å². The summed E-state index contributed by atoms with van der Waals surface area (Å²) in [7, 11) is -3.92. The van der Waals surface area contributed by atoms with Gasteiger partial charge in [0.2, 0.25) is 26.6 Å². The van der Waals surface area contributed by atoms with Crippen molar-refractivity contribution in [3.8, 4) is 11.5 Å². The van der Waals surface area contributed by atoms with Gasteiger partial charge >= 0.3 is 0 Å². The van der Waals surface area contributed by atoms with Crippen molar-refractivity contribution in [2.45, 2.75) is 16.5 Å². The third kappa shape index (κ3) is 4.43. The normalized spacial score (nSPS) is 11.4. The molecule has 1 heterocycles. The van der Waals surface area contributed by atoms with Crippen LogP contribution in [0.25, 0.3) is 11.5 Å². The predicted octanol–water partition coefficient (Wildman–Crippen LogP) is 6.20. The fraction of sp³-hybridized carbons (Fsp3) is 0.0455.